The van der Waals surface area contributed by atoms with Crippen LogP contribution in [0.15, 0.2) is 36.4 Å². The highest BCUT2D eigenvalue weighted by Crippen LogP contribution is 2.31. The lowest BCUT2D eigenvalue weighted by Gasteiger charge is -2.10. The quantitative estimate of drug-likeness (QED) is 0.784. The molecule has 0 bridgehead atoms. The Morgan fingerprint density at radius 3 is 2.50 bits per heavy atom. The van der Waals surface area contributed by atoms with Gasteiger partial charge >= 0.3 is 0 Å². The summed E-state index contributed by atoms with van der Waals surface area (Å²) in [6.45, 7) is 1.24. The Kier molecular flexibility index (Phi) is 5.55. The highest BCUT2D eigenvalue weighted by atomic mass is 35.5. The SMILES string of the molecule is COc1cccc(CNCc2c(Cl)ccc(Cl)c2Cl)c1. The van der Waals surface area contributed by atoms with Crippen molar-refractivity contribution >= 4 is 34.8 Å². The van der Waals surface area contributed by atoms with Crippen LogP contribution in [0.5, 0.6) is 5.75 Å². The minimum atomic E-state index is 0.498. The molecule has 0 aromatic heterocycles. The fraction of sp³-hybridized carbons (Fsp3) is 0.200. The van der Waals surface area contributed by atoms with Crippen LogP contribution in [-0.2, 0) is 13.1 Å². The molecule has 2 aromatic rings. The van der Waals surface area contributed by atoms with Gasteiger partial charge in [-0.15, -0.1) is 0 Å². The highest BCUT2D eigenvalue weighted by molar-refractivity contribution is 6.44. The summed E-state index contributed by atoms with van der Waals surface area (Å²) in [6, 6.07) is 11.3. The lowest BCUT2D eigenvalue weighted by molar-refractivity contribution is 0.414. The number of benzene rings is 2. The van der Waals surface area contributed by atoms with Crippen LogP contribution in [0.2, 0.25) is 15.1 Å². The molecule has 0 amide bonds. The molecule has 5 heteroatoms. The Balaban J connectivity index is 2.01. The summed E-state index contributed by atoms with van der Waals surface area (Å²) in [4.78, 5) is 0. The van der Waals surface area contributed by atoms with E-state index >= 15 is 0 Å². The van der Waals surface area contributed by atoms with Crippen LogP contribution in [0, 0.1) is 0 Å². The summed E-state index contributed by atoms with van der Waals surface area (Å²) in [5.74, 6) is 0.836. The van der Waals surface area contributed by atoms with Crippen molar-refractivity contribution < 1.29 is 4.74 Å². The van der Waals surface area contributed by atoms with Crippen LogP contribution in [0.25, 0.3) is 0 Å². The van der Waals surface area contributed by atoms with Gasteiger partial charge in [-0.2, -0.15) is 0 Å². The minimum absolute atomic E-state index is 0.498. The van der Waals surface area contributed by atoms with E-state index in [1.807, 2.05) is 24.3 Å². The Labute approximate surface area is 133 Å². The number of methoxy groups -OCH3 is 1. The van der Waals surface area contributed by atoms with Gasteiger partial charge in [0, 0.05) is 23.7 Å². The summed E-state index contributed by atoms with van der Waals surface area (Å²) in [5.41, 5.74) is 1.93. The molecule has 2 nitrogen and oxygen atoms in total. The second-order valence-corrected chi connectivity index (χ2v) is 5.47. The first-order valence-electron chi connectivity index (χ1n) is 6.08. The van der Waals surface area contributed by atoms with Gasteiger partial charge in [-0.25, -0.2) is 0 Å². The number of hydrogen-bond donors (Lipinski definition) is 1. The monoisotopic (exact) mass is 329 g/mol. The van der Waals surface area contributed by atoms with Crippen molar-refractivity contribution in [2.75, 3.05) is 7.11 Å². The smallest absolute Gasteiger partial charge is 0.119 e. The summed E-state index contributed by atoms with van der Waals surface area (Å²) in [7, 11) is 1.65. The Morgan fingerprint density at radius 2 is 1.75 bits per heavy atom. The maximum Gasteiger partial charge on any atom is 0.119 e. The fourth-order valence-electron chi connectivity index (χ4n) is 1.85. The number of ether oxygens (including phenoxy) is 1. The molecule has 2 rings (SSSR count). The molecule has 0 aliphatic rings. The number of halogens is 3. The first-order chi connectivity index (χ1) is 9.61. The molecule has 1 N–H and O–H groups in total. The third-order valence-corrected chi connectivity index (χ3v) is 4.10. The average molecular weight is 331 g/mol. The van der Waals surface area contributed by atoms with Gasteiger partial charge in [0.25, 0.3) is 0 Å². The highest BCUT2D eigenvalue weighted by Gasteiger charge is 2.09. The molecular weight excluding hydrogens is 317 g/mol. The third kappa shape index (κ3) is 3.80. The molecular formula is C15H14Cl3NO. The van der Waals surface area contributed by atoms with E-state index in [-0.39, 0.29) is 0 Å². The molecule has 2 aromatic carbocycles. The molecule has 0 fully saturated rings. The van der Waals surface area contributed by atoms with E-state index in [1.165, 1.54) is 0 Å². The maximum atomic E-state index is 6.15. The van der Waals surface area contributed by atoms with Crippen LogP contribution in [-0.4, -0.2) is 7.11 Å². The van der Waals surface area contributed by atoms with Crippen LogP contribution in [0.1, 0.15) is 11.1 Å². The van der Waals surface area contributed by atoms with Gasteiger partial charge in [-0.1, -0.05) is 46.9 Å². The predicted molar refractivity (Wildman–Crippen MR) is 85.0 cm³/mol. The first kappa shape index (κ1) is 15.5. The third-order valence-electron chi connectivity index (χ3n) is 2.90. The van der Waals surface area contributed by atoms with E-state index in [2.05, 4.69) is 5.32 Å². The zero-order chi connectivity index (χ0) is 14.5. The summed E-state index contributed by atoms with van der Waals surface area (Å²) in [5, 5.41) is 4.91. The van der Waals surface area contributed by atoms with Gasteiger partial charge in [0.2, 0.25) is 0 Å². The van der Waals surface area contributed by atoms with Gasteiger partial charge in [0.1, 0.15) is 5.75 Å². The van der Waals surface area contributed by atoms with E-state index in [4.69, 9.17) is 39.5 Å². The second kappa shape index (κ2) is 7.19. The van der Waals surface area contributed by atoms with E-state index in [9.17, 15) is 0 Å². The molecule has 0 aliphatic heterocycles. The van der Waals surface area contributed by atoms with Crippen molar-refractivity contribution in [2.45, 2.75) is 13.1 Å². The van der Waals surface area contributed by atoms with Crippen LogP contribution < -0.4 is 10.1 Å². The lowest BCUT2D eigenvalue weighted by atomic mass is 10.2. The zero-order valence-corrected chi connectivity index (χ0v) is 13.2. The van der Waals surface area contributed by atoms with Crippen molar-refractivity contribution in [2.24, 2.45) is 0 Å². The number of rotatable bonds is 5. The second-order valence-electron chi connectivity index (χ2n) is 4.28. The van der Waals surface area contributed by atoms with Crippen LogP contribution in [0.3, 0.4) is 0 Å². The topological polar surface area (TPSA) is 21.3 Å². The summed E-state index contributed by atoms with van der Waals surface area (Å²) >= 11 is 18.3. The molecule has 0 radical (unpaired) electrons. The van der Waals surface area contributed by atoms with E-state index < -0.39 is 0 Å². The molecule has 0 unspecified atom stereocenters. The normalized spacial score (nSPS) is 10.6. The first-order valence-corrected chi connectivity index (χ1v) is 7.21. The number of nitrogens with one attached hydrogen (secondary N) is 1. The predicted octanol–water partition coefficient (Wildman–Crippen LogP) is 4.95. The molecule has 106 valence electrons. The van der Waals surface area contributed by atoms with Crippen molar-refractivity contribution in [3.8, 4) is 5.75 Å². The molecule has 0 atom stereocenters. The average Bonchev–Trinajstić information content (AvgIpc) is 2.47. The lowest BCUT2D eigenvalue weighted by Crippen LogP contribution is -2.13. The molecule has 0 saturated heterocycles. The standard InChI is InChI=1S/C15H14Cl3NO/c1-20-11-4-2-3-10(7-11)8-19-9-12-13(16)5-6-14(17)15(12)18/h2-7,19H,8-9H2,1H3. The van der Waals surface area contributed by atoms with Gasteiger partial charge in [0.15, 0.2) is 0 Å². The zero-order valence-electron chi connectivity index (χ0n) is 10.9. The van der Waals surface area contributed by atoms with Gasteiger partial charge in [-0.3, -0.25) is 0 Å². The fourth-order valence-corrected chi connectivity index (χ4v) is 2.53. The minimum Gasteiger partial charge on any atom is -0.497 e. The molecule has 0 heterocycles. The van der Waals surface area contributed by atoms with Crippen molar-refractivity contribution in [1.82, 2.24) is 5.32 Å². The number of hydrogen-bond acceptors (Lipinski definition) is 2. The van der Waals surface area contributed by atoms with Crippen molar-refractivity contribution in [3.05, 3.63) is 62.6 Å². The van der Waals surface area contributed by atoms with Crippen LogP contribution >= 0.6 is 34.8 Å². The maximum absolute atomic E-state index is 6.15. The van der Waals surface area contributed by atoms with E-state index in [0.717, 1.165) is 16.9 Å². The molecule has 0 saturated carbocycles. The van der Waals surface area contributed by atoms with Gasteiger partial charge < -0.3 is 10.1 Å². The van der Waals surface area contributed by atoms with Gasteiger partial charge in [0.05, 0.1) is 17.2 Å². The summed E-state index contributed by atoms with van der Waals surface area (Å²) in [6.07, 6.45) is 0. The van der Waals surface area contributed by atoms with E-state index in [1.54, 1.807) is 19.2 Å². The largest absolute Gasteiger partial charge is 0.497 e. The Hall–Kier alpha value is -0.930. The molecule has 0 aliphatic carbocycles. The van der Waals surface area contributed by atoms with Crippen molar-refractivity contribution in [1.29, 1.82) is 0 Å². The summed E-state index contributed by atoms with van der Waals surface area (Å²) < 4.78 is 5.19. The molecule has 20 heavy (non-hydrogen) atoms. The van der Waals surface area contributed by atoms with Crippen molar-refractivity contribution in [3.63, 3.8) is 0 Å². The molecule has 0 spiro atoms. The Morgan fingerprint density at radius 1 is 1.00 bits per heavy atom. The van der Waals surface area contributed by atoms with E-state index in [0.29, 0.717) is 28.2 Å². The van der Waals surface area contributed by atoms with Gasteiger partial charge in [-0.05, 0) is 29.8 Å². The van der Waals surface area contributed by atoms with Crippen LogP contribution in [0.4, 0.5) is 0 Å². The Bertz CT molecular complexity index is 602.